The molecule has 134 valence electrons. The Morgan fingerprint density at radius 3 is 2.24 bits per heavy atom. The number of nitrogens with one attached hydrogen (secondary N) is 2. The average Bonchev–Trinajstić information content (AvgIpc) is 2.56. The zero-order valence-electron chi connectivity index (χ0n) is 13.6. The van der Waals surface area contributed by atoms with Crippen LogP contribution < -0.4 is 10.6 Å². The quantitative estimate of drug-likeness (QED) is 0.821. The van der Waals surface area contributed by atoms with Crippen molar-refractivity contribution in [2.24, 2.45) is 0 Å². The summed E-state index contributed by atoms with van der Waals surface area (Å²) in [5, 5.41) is 4.40. The van der Waals surface area contributed by atoms with E-state index in [-0.39, 0.29) is 6.42 Å². The Kier molecular flexibility index (Phi) is 6.41. The molecule has 0 unspecified atom stereocenters. The molecule has 7 heteroatoms. The van der Waals surface area contributed by atoms with Crippen LogP contribution in [0.15, 0.2) is 54.6 Å². The third-order valence-corrected chi connectivity index (χ3v) is 3.51. The Hall–Kier alpha value is -2.54. The van der Waals surface area contributed by atoms with Gasteiger partial charge in [-0.3, -0.25) is 0 Å². The van der Waals surface area contributed by atoms with Crippen LogP contribution in [0, 0.1) is 0 Å². The van der Waals surface area contributed by atoms with E-state index < -0.39 is 18.2 Å². The van der Waals surface area contributed by atoms with Crippen molar-refractivity contribution in [3.63, 3.8) is 0 Å². The van der Waals surface area contributed by atoms with E-state index in [4.69, 9.17) is 4.74 Å². The van der Waals surface area contributed by atoms with Crippen LogP contribution >= 0.6 is 0 Å². The Morgan fingerprint density at radius 1 is 1.04 bits per heavy atom. The molecule has 2 amide bonds. The van der Waals surface area contributed by atoms with Gasteiger partial charge in [0.25, 0.3) is 0 Å². The fraction of sp³-hybridized carbons (Fsp3) is 0.278. The van der Waals surface area contributed by atoms with Crippen molar-refractivity contribution < 1.29 is 22.7 Å². The van der Waals surface area contributed by atoms with Crippen molar-refractivity contribution in [2.75, 3.05) is 12.4 Å². The maximum Gasteiger partial charge on any atom is 0.408 e. The Labute approximate surface area is 144 Å². The molecule has 2 rings (SSSR count). The molecule has 0 aliphatic rings. The molecule has 0 heterocycles. The topological polar surface area (TPSA) is 50.4 Å². The molecule has 25 heavy (non-hydrogen) atoms. The molecule has 2 N–H and O–H groups in total. The third kappa shape index (κ3) is 6.11. The summed E-state index contributed by atoms with van der Waals surface area (Å²) in [4.78, 5) is 11.9. The number of anilines is 1. The summed E-state index contributed by atoms with van der Waals surface area (Å²) >= 11 is 0. The summed E-state index contributed by atoms with van der Waals surface area (Å²) < 4.78 is 44.5. The van der Waals surface area contributed by atoms with Crippen LogP contribution in [0.5, 0.6) is 0 Å². The normalized spacial score (nSPS) is 12.5. The standard InChI is InChI=1S/C18H19F3N2O2/c1-25-12-14-7-9-15(10-8-14)22-17(24)23-16(18(19,20)21)11-13-5-3-2-4-6-13/h2-10,16H,11-12H2,1H3,(H2,22,23,24)/t16-/m0/s1. The molecule has 0 bridgehead atoms. The second-order valence-corrected chi connectivity index (χ2v) is 5.51. The first-order valence-corrected chi connectivity index (χ1v) is 7.64. The smallest absolute Gasteiger partial charge is 0.380 e. The fourth-order valence-corrected chi connectivity index (χ4v) is 2.27. The summed E-state index contributed by atoms with van der Waals surface area (Å²) in [7, 11) is 1.56. The van der Waals surface area contributed by atoms with E-state index in [2.05, 4.69) is 5.32 Å². The molecule has 0 aliphatic heterocycles. The first kappa shape index (κ1) is 18.8. The Balaban J connectivity index is 1.99. The first-order valence-electron chi connectivity index (χ1n) is 7.64. The number of halogens is 3. The zero-order chi connectivity index (χ0) is 18.3. The number of carbonyl (C=O) groups is 1. The van der Waals surface area contributed by atoms with Crippen LogP contribution in [0.2, 0.25) is 0 Å². The molecular formula is C18H19F3N2O2. The lowest BCUT2D eigenvalue weighted by molar-refractivity contribution is -0.152. The second kappa shape index (κ2) is 8.53. The maximum atomic E-state index is 13.2. The molecule has 0 aliphatic carbocycles. The number of alkyl halides is 3. The highest BCUT2D eigenvalue weighted by Gasteiger charge is 2.40. The van der Waals surface area contributed by atoms with E-state index in [1.54, 1.807) is 61.7 Å². The monoisotopic (exact) mass is 352 g/mol. The minimum absolute atomic E-state index is 0.329. The summed E-state index contributed by atoms with van der Waals surface area (Å²) in [6.45, 7) is 0.416. The van der Waals surface area contributed by atoms with Gasteiger partial charge < -0.3 is 15.4 Å². The van der Waals surface area contributed by atoms with Gasteiger partial charge in [-0.15, -0.1) is 0 Å². The van der Waals surface area contributed by atoms with Crippen LogP contribution in [-0.2, 0) is 17.8 Å². The third-order valence-electron chi connectivity index (χ3n) is 3.51. The van der Waals surface area contributed by atoms with E-state index in [1.807, 2.05) is 5.32 Å². The molecule has 1 atom stereocenters. The van der Waals surface area contributed by atoms with Gasteiger partial charge in [-0.05, 0) is 23.3 Å². The number of carbonyl (C=O) groups excluding carboxylic acids is 1. The highest BCUT2D eigenvalue weighted by atomic mass is 19.4. The average molecular weight is 352 g/mol. The Morgan fingerprint density at radius 2 is 1.68 bits per heavy atom. The molecule has 4 nitrogen and oxygen atoms in total. The lowest BCUT2D eigenvalue weighted by atomic mass is 10.1. The fourth-order valence-electron chi connectivity index (χ4n) is 2.27. The minimum atomic E-state index is -4.55. The summed E-state index contributed by atoms with van der Waals surface area (Å²) in [6, 6.07) is 12.0. The number of rotatable bonds is 6. The predicted molar refractivity (Wildman–Crippen MR) is 89.3 cm³/mol. The van der Waals surface area contributed by atoms with Gasteiger partial charge in [-0.1, -0.05) is 42.5 Å². The number of hydrogen-bond donors (Lipinski definition) is 2. The van der Waals surface area contributed by atoms with Gasteiger partial charge in [-0.2, -0.15) is 13.2 Å². The van der Waals surface area contributed by atoms with E-state index >= 15 is 0 Å². The van der Waals surface area contributed by atoms with Crippen LogP contribution in [0.3, 0.4) is 0 Å². The van der Waals surface area contributed by atoms with Gasteiger partial charge in [0.05, 0.1) is 6.61 Å². The first-order chi connectivity index (χ1) is 11.9. The van der Waals surface area contributed by atoms with Crippen LogP contribution in [0.1, 0.15) is 11.1 Å². The lowest BCUT2D eigenvalue weighted by Gasteiger charge is -2.22. The molecule has 2 aromatic rings. The van der Waals surface area contributed by atoms with Crippen molar-refractivity contribution >= 4 is 11.7 Å². The van der Waals surface area contributed by atoms with E-state index in [0.717, 1.165) is 5.56 Å². The van der Waals surface area contributed by atoms with Crippen molar-refractivity contribution in [2.45, 2.75) is 25.2 Å². The molecule has 0 aromatic heterocycles. The maximum absolute atomic E-state index is 13.2. The van der Waals surface area contributed by atoms with Gasteiger partial charge in [0, 0.05) is 19.2 Å². The SMILES string of the molecule is COCc1ccc(NC(=O)N[C@@H](Cc2ccccc2)C(F)(F)F)cc1. The minimum Gasteiger partial charge on any atom is -0.380 e. The van der Waals surface area contributed by atoms with E-state index in [9.17, 15) is 18.0 Å². The molecule has 0 saturated carbocycles. The molecule has 0 spiro atoms. The summed E-state index contributed by atoms with van der Waals surface area (Å²) in [5.74, 6) is 0. The molecule has 0 saturated heterocycles. The number of ether oxygens (including phenoxy) is 1. The van der Waals surface area contributed by atoms with Crippen molar-refractivity contribution in [3.05, 3.63) is 65.7 Å². The zero-order valence-corrected chi connectivity index (χ0v) is 13.6. The van der Waals surface area contributed by atoms with E-state index in [1.165, 1.54) is 0 Å². The largest absolute Gasteiger partial charge is 0.408 e. The van der Waals surface area contributed by atoms with Crippen LogP contribution in [-0.4, -0.2) is 25.4 Å². The number of benzene rings is 2. The van der Waals surface area contributed by atoms with Crippen molar-refractivity contribution in [3.8, 4) is 0 Å². The Bertz CT molecular complexity index is 673. The number of methoxy groups -OCH3 is 1. The van der Waals surface area contributed by atoms with Gasteiger partial charge in [0.2, 0.25) is 0 Å². The van der Waals surface area contributed by atoms with Gasteiger partial charge in [-0.25, -0.2) is 4.79 Å². The van der Waals surface area contributed by atoms with Gasteiger partial charge in [0.15, 0.2) is 0 Å². The van der Waals surface area contributed by atoms with Gasteiger partial charge in [0.1, 0.15) is 6.04 Å². The van der Waals surface area contributed by atoms with E-state index in [0.29, 0.717) is 17.9 Å². The number of hydrogen-bond acceptors (Lipinski definition) is 2. The number of urea groups is 1. The van der Waals surface area contributed by atoms with Crippen LogP contribution in [0.25, 0.3) is 0 Å². The summed E-state index contributed by atoms with van der Waals surface area (Å²) in [5.41, 5.74) is 1.79. The predicted octanol–water partition coefficient (Wildman–Crippen LogP) is 4.13. The molecular weight excluding hydrogens is 333 g/mol. The van der Waals surface area contributed by atoms with Crippen molar-refractivity contribution in [1.29, 1.82) is 0 Å². The van der Waals surface area contributed by atoms with Gasteiger partial charge >= 0.3 is 12.2 Å². The lowest BCUT2D eigenvalue weighted by Crippen LogP contribution is -2.48. The second-order valence-electron chi connectivity index (χ2n) is 5.51. The highest BCUT2D eigenvalue weighted by Crippen LogP contribution is 2.23. The summed E-state index contributed by atoms with van der Waals surface area (Å²) in [6.07, 6.45) is -4.87. The number of amides is 2. The molecule has 0 radical (unpaired) electrons. The molecule has 2 aromatic carbocycles. The van der Waals surface area contributed by atoms with Crippen LogP contribution in [0.4, 0.5) is 23.7 Å². The van der Waals surface area contributed by atoms with Crippen molar-refractivity contribution in [1.82, 2.24) is 5.32 Å². The molecule has 0 fully saturated rings. The highest BCUT2D eigenvalue weighted by molar-refractivity contribution is 5.89.